The van der Waals surface area contributed by atoms with Crippen LogP contribution in [-0.2, 0) is 6.54 Å². The first-order valence-corrected chi connectivity index (χ1v) is 4.80. The van der Waals surface area contributed by atoms with Crippen LogP contribution >= 0.6 is 0 Å². The molecule has 2 nitrogen and oxygen atoms in total. The Morgan fingerprint density at radius 2 is 2.14 bits per heavy atom. The lowest BCUT2D eigenvalue weighted by Gasteiger charge is -2.05. The molecule has 2 rings (SSSR count). The molecule has 1 aromatic heterocycles. The van der Waals surface area contributed by atoms with Crippen LogP contribution in [0.1, 0.15) is 11.3 Å². The zero-order chi connectivity index (χ0) is 9.97. The molecule has 72 valence electrons. The van der Waals surface area contributed by atoms with Crippen LogP contribution in [0.4, 0.5) is 0 Å². The SMILES string of the molecule is CNCc1nccc2cc(C)ccc12. The zero-order valence-corrected chi connectivity index (χ0v) is 8.54. The molecule has 0 saturated heterocycles. The zero-order valence-electron chi connectivity index (χ0n) is 8.54. The molecule has 0 amide bonds. The van der Waals surface area contributed by atoms with Crippen molar-refractivity contribution in [3.8, 4) is 0 Å². The number of hydrogen-bond donors (Lipinski definition) is 1. The van der Waals surface area contributed by atoms with Crippen molar-refractivity contribution < 1.29 is 0 Å². The average molecular weight is 186 g/mol. The number of aromatic nitrogens is 1. The molecule has 14 heavy (non-hydrogen) atoms. The summed E-state index contributed by atoms with van der Waals surface area (Å²) in [4.78, 5) is 4.36. The minimum atomic E-state index is 0.820. The maximum absolute atomic E-state index is 4.36. The normalized spacial score (nSPS) is 10.7. The molecule has 2 aromatic rings. The van der Waals surface area contributed by atoms with Gasteiger partial charge in [0.1, 0.15) is 0 Å². The van der Waals surface area contributed by atoms with E-state index < -0.39 is 0 Å². The summed E-state index contributed by atoms with van der Waals surface area (Å²) in [6.07, 6.45) is 1.87. The Balaban J connectivity index is 2.62. The standard InChI is InChI=1S/C12H14N2/c1-9-3-4-11-10(7-9)5-6-14-12(11)8-13-2/h3-7,13H,8H2,1-2H3. The second-order valence-electron chi connectivity index (χ2n) is 3.51. The largest absolute Gasteiger partial charge is 0.314 e. The Bertz CT molecular complexity index is 449. The van der Waals surface area contributed by atoms with Crippen LogP contribution < -0.4 is 5.32 Å². The number of pyridine rings is 1. The number of fused-ring (bicyclic) bond motifs is 1. The van der Waals surface area contributed by atoms with E-state index in [-0.39, 0.29) is 0 Å². The van der Waals surface area contributed by atoms with Crippen molar-refractivity contribution in [3.05, 3.63) is 41.7 Å². The van der Waals surface area contributed by atoms with E-state index in [2.05, 4.69) is 41.5 Å². The van der Waals surface area contributed by atoms with Gasteiger partial charge in [-0.15, -0.1) is 0 Å². The lowest BCUT2D eigenvalue weighted by Crippen LogP contribution is -2.07. The smallest absolute Gasteiger partial charge is 0.0619 e. The van der Waals surface area contributed by atoms with Crippen molar-refractivity contribution in [2.24, 2.45) is 0 Å². The molecule has 2 heteroatoms. The maximum atomic E-state index is 4.36. The van der Waals surface area contributed by atoms with E-state index >= 15 is 0 Å². The van der Waals surface area contributed by atoms with Gasteiger partial charge >= 0.3 is 0 Å². The van der Waals surface area contributed by atoms with E-state index in [1.165, 1.54) is 16.3 Å². The minimum Gasteiger partial charge on any atom is -0.314 e. The van der Waals surface area contributed by atoms with Gasteiger partial charge in [-0.05, 0) is 25.4 Å². The minimum absolute atomic E-state index is 0.820. The third kappa shape index (κ3) is 1.61. The molecule has 0 unspecified atom stereocenters. The lowest BCUT2D eigenvalue weighted by atomic mass is 10.1. The molecule has 0 radical (unpaired) electrons. The molecule has 1 heterocycles. The monoisotopic (exact) mass is 186 g/mol. The fourth-order valence-electron chi connectivity index (χ4n) is 1.67. The molecule has 0 fully saturated rings. The molecule has 0 bridgehead atoms. The first-order chi connectivity index (χ1) is 6.81. The Hall–Kier alpha value is -1.41. The van der Waals surface area contributed by atoms with Crippen LogP contribution in [0, 0.1) is 6.92 Å². The Labute approximate surface area is 84.0 Å². The van der Waals surface area contributed by atoms with E-state index in [0.717, 1.165) is 12.2 Å². The van der Waals surface area contributed by atoms with Crippen LogP contribution in [0.15, 0.2) is 30.5 Å². The van der Waals surface area contributed by atoms with Gasteiger partial charge in [-0.25, -0.2) is 0 Å². The van der Waals surface area contributed by atoms with Crippen molar-refractivity contribution in [3.63, 3.8) is 0 Å². The Morgan fingerprint density at radius 1 is 1.29 bits per heavy atom. The highest BCUT2D eigenvalue weighted by molar-refractivity contribution is 5.84. The summed E-state index contributed by atoms with van der Waals surface area (Å²) in [5, 5.41) is 5.64. The van der Waals surface area contributed by atoms with Crippen molar-refractivity contribution in [1.29, 1.82) is 0 Å². The van der Waals surface area contributed by atoms with Crippen LogP contribution in [0.2, 0.25) is 0 Å². The summed E-state index contributed by atoms with van der Waals surface area (Å²) >= 11 is 0. The molecule has 0 spiro atoms. The first kappa shape index (κ1) is 9.16. The van der Waals surface area contributed by atoms with Crippen LogP contribution in [0.25, 0.3) is 10.8 Å². The number of benzene rings is 1. The summed E-state index contributed by atoms with van der Waals surface area (Å²) in [5.74, 6) is 0. The van der Waals surface area contributed by atoms with Gasteiger partial charge in [0.2, 0.25) is 0 Å². The van der Waals surface area contributed by atoms with Crippen molar-refractivity contribution in [1.82, 2.24) is 10.3 Å². The molecule has 0 aliphatic carbocycles. The van der Waals surface area contributed by atoms with Gasteiger partial charge < -0.3 is 5.32 Å². The van der Waals surface area contributed by atoms with Gasteiger partial charge in [0, 0.05) is 18.1 Å². The van der Waals surface area contributed by atoms with E-state index in [9.17, 15) is 0 Å². The van der Waals surface area contributed by atoms with Gasteiger partial charge in [-0.2, -0.15) is 0 Å². The van der Waals surface area contributed by atoms with Gasteiger partial charge in [0.25, 0.3) is 0 Å². The summed E-state index contributed by atoms with van der Waals surface area (Å²) in [7, 11) is 1.94. The number of nitrogens with zero attached hydrogens (tertiary/aromatic N) is 1. The summed E-state index contributed by atoms with van der Waals surface area (Å²) < 4.78 is 0. The lowest BCUT2D eigenvalue weighted by molar-refractivity contribution is 0.799. The third-order valence-electron chi connectivity index (χ3n) is 2.35. The molecule has 0 atom stereocenters. The summed E-state index contributed by atoms with van der Waals surface area (Å²) in [5.41, 5.74) is 2.41. The Kier molecular flexibility index (Phi) is 2.46. The number of hydrogen-bond acceptors (Lipinski definition) is 2. The second kappa shape index (κ2) is 3.76. The molecule has 0 aliphatic rings. The average Bonchev–Trinajstić information content (AvgIpc) is 2.18. The van der Waals surface area contributed by atoms with Gasteiger partial charge in [-0.3, -0.25) is 4.98 Å². The van der Waals surface area contributed by atoms with E-state index in [1.54, 1.807) is 0 Å². The van der Waals surface area contributed by atoms with Gasteiger partial charge in [0.15, 0.2) is 0 Å². The fraction of sp³-hybridized carbons (Fsp3) is 0.250. The number of aryl methyl sites for hydroxylation is 1. The van der Waals surface area contributed by atoms with Crippen molar-refractivity contribution >= 4 is 10.8 Å². The first-order valence-electron chi connectivity index (χ1n) is 4.80. The fourth-order valence-corrected chi connectivity index (χ4v) is 1.67. The van der Waals surface area contributed by atoms with Crippen LogP contribution in [-0.4, -0.2) is 12.0 Å². The summed E-state index contributed by atoms with van der Waals surface area (Å²) in [6.45, 7) is 2.93. The maximum Gasteiger partial charge on any atom is 0.0619 e. The van der Waals surface area contributed by atoms with E-state index in [1.807, 2.05) is 13.2 Å². The Morgan fingerprint density at radius 3 is 2.93 bits per heavy atom. The highest BCUT2D eigenvalue weighted by Gasteiger charge is 2.00. The predicted octanol–water partition coefficient (Wildman–Crippen LogP) is 2.26. The number of nitrogens with one attached hydrogen (secondary N) is 1. The molecular weight excluding hydrogens is 172 g/mol. The highest BCUT2D eigenvalue weighted by atomic mass is 14.8. The van der Waals surface area contributed by atoms with Gasteiger partial charge in [-0.1, -0.05) is 23.8 Å². The molecule has 0 aliphatic heterocycles. The van der Waals surface area contributed by atoms with Gasteiger partial charge in [0.05, 0.1) is 5.69 Å². The topological polar surface area (TPSA) is 24.9 Å². The summed E-state index contributed by atoms with van der Waals surface area (Å²) in [6, 6.07) is 8.52. The molecule has 1 aromatic carbocycles. The predicted molar refractivity (Wildman–Crippen MR) is 59.2 cm³/mol. The van der Waals surface area contributed by atoms with Crippen molar-refractivity contribution in [2.45, 2.75) is 13.5 Å². The number of rotatable bonds is 2. The third-order valence-corrected chi connectivity index (χ3v) is 2.35. The second-order valence-corrected chi connectivity index (χ2v) is 3.51. The molecular formula is C12H14N2. The highest BCUT2D eigenvalue weighted by Crippen LogP contribution is 2.17. The van der Waals surface area contributed by atoms with Crippen molar-refractivity contribution in [2.75, 3.05) is 7.05 Å². The molecule has 0 saturated carbocycles. The van der Waals surface area contributed by atoms with Crippen LogP contribution in [0.5, 0.6) is 0 Å². The van der Waals surface area contributed by atoms with E-state index in [4.69, 9.17) is 0 Å². The molecule has 1 N–H and O–H groups in total. The van der Waals surface area contributed by atoms with E-state index in [0.29, 0.717) is 0 Å². The van der Waals surface area contributed by atoms with Crippen LogP contribution in [0.3, 0.4) is 0 Å². The quantitative estimate of drug-likeness (QED) is 0.778.